The molecule has 9 heteroatoms. The maximum absolute atomic E-state index is 12.6. The van der Waals surface area contributed by atoms with Gasteiger partial charge in [0.05, 0.1) is 38.1 Å². The Hall–Kier alpha value is -3.23. The monoisotopic (exact) mass is 392 g/mol. The van der Waals surface area contributed by atoms with Crippen LogP contribution in [0, 0.1) is 0 Å². The van der Waals surface area contributed by atoms with Crippen molar-refractivity contribution < 1.29 is 33.3 Å². The van der Waals surface area contributed by atoms with Gasteiger partial charge >= 0.3 is 18.0 Å². The van der Waals surface area contributed by atoms with Gasteiger partial charge in [-0.15, -0.1) is 0 Å². The summed E-state index contributed by atoms with van der Waals surface area (Å²) in [7, 11) is 2.84. The Labute approximate surface area is 163 Å². The quantitative estimate of drug-likeness (QED) is 0.649. The topological polar surface area (TPSA) is 112 Å². The van der Waals surface area contributed by atoms with Gasteiger partial charge in [-0.2, -0.15) is 0 Å². The number of hydrogen-bond acceptors (Lipinski definition) is 7. The molecule has 0 bridgehead atoms. The van der Waals surface area contributed by atoms with Crippen molar-refractivity contribution in [2.75, 3.05) is 27.4 Å². The summed E-state index contributed by atoms with van der Waals surface area (Å²) in [5, 5.41) is 5.18. The summed E-state index contributed by atoms with van der Waals surface area (Å²) in [5.41, 5.74) is 0.512. The molecule has 152 valence electrons. The van der Waals surface area contributed by atoms with Crippen LogP contribution in [-0.2, 0) is 14.3 Å². The van der Waals surface area contributed by atoms with Gasteiger partial charge in [-0.3, -0.25) is 0 Å². The van der Waals surface area contributed by atoms with Crippen LogP contribution in [-0.4, -0.2) is 51.4 Å². The van der Waals surface area contributed by atoms with Crippen LogP contribution in [0.15, 0.2) is 29.5 Å². The molecule has 2 N–H and O–H groups in total. The molecule has 2 amide bonds. The van der Waals surface area contributed by atoms with Gasteiger partial charge < -0.3 is 29.6 Å². The first-order chi connectivity index (χ1) is 13.5. The zero-order valence-corrected chi connectivity index (χ0v) is 16.3. The summed E-state index contributed by atoms with van der Waals surface area (Å²) in [6.45, 7) is 3.36. The highest BCUT2D eigenvalue weighted by molar-refractivity contribution is 5.97. The molecule has 0 spiro atoms. The van der Waals surface area contributed by atoms with E-state index in [1.807, 2.05) is 6.92 Å². The molecule has 0 saturated carbocycles. The van der Waals surface area contributed by atoms with E-state index in [1.54, 1.807) is 25.1 Å². The molecule has 0 aliphatic carbocycles. The third-order valence-corrected chi connectivity index (χ3v) is 4.13. The van der Waals surface area contributed by atoms with Crippen LogP contribution in [0.2, 0.25) is 0 Å². The predicted molar refractivity (Wildman–Crippen MR) is 99.2 cm³/mol. The van der Waals surface area contributed by atoms with Crippen molar-refractivity contribution in [2.24, 2.45) is 0 Å². The van der Waals surface area contributed by atoms with Gasteiger partial charge in [0.2, 0.25) is 0 Å². The number of ether oxygens (including phenoxy) is 4. The molecule has 0 aromatic heterocycles. The fourth-order valence-corrected chi connectivity index (χ4v) is 2.84. The number of hydrogen-bond donors (Lipinski definition) is 2. The second-order valence-corrected chi connectivity index (χ2v) is 5.79. The first kappa shape index (κ1) is 21.1. The van der Waals surface area contributed by atoms with E-state index in [0.29, 0.717) is 6.42 Å². The van der Waals surface area contributed by atoms with E-state index in [2.05, 4.69) is 10.6 Å². The molecule has 1 aromatic carbocycles. The van der Waals surface area contributed by atoms with Gasteiger partial charge in [-0.1, -0.05) is 13.0 Å². The van der Waals surface area contributed by atoms with Crippen LogP contribution >= 0.6 is 0 Å². The lowest BCUT2D eigenvalue weighted by Gasteiger charge is -2.28. The standard InChI is InChI=1S/C19H24N2O7/c1-5-11-15(17(22)27-6-2)12(21-19(24)20-11)10-28-18(23)16-13(25-3)8-7-9-14(16)26-4/h7-9,11H,5-6,10H2,1-4H3,(H2,20,21,24)/t11-/m1/s1. The number of nitrogens with one attached hydrogen (secondary N) is 2. The Balaban J connectivity index is 2.30. The number of rotatable bonds is 8. The SMILES string of the molecule is CCOC(=O)C1=C(COC(=O)c2c(OC)cccc2OC)NC(=O)N[C@@H]1CC. The zero-order chi connectivity index (χ0) is 20.7. The molecule has 2 rings (SSSR count). The summed E-state index contributed by atoms with van der Waals surface area (Å²) in [5.74, 6) is -0.733. The Morgan fingerprint density at radius 2 is 1.68 bits per heavy atom. The summed E-state index contributed by atoms with van der Waals surface area (Å²) in [6, 6.07) is 3.85. The average molecular weight is 392 g/mol. The fourth-order valence-electron chi connectivity index (χ4n) is 2.84. The van der Waals surface area contributed by atoms with Crippen LogP contribution in [0.5, 0.6) is 11.5 Å². The highest BCUT2D eigenvalue weighted by Crippen LogP contribution is 2.29. The smallest absolute Gasteiger partial charge is 0.346 e. The number of urea groups is 1. The third kappa shape index (κ3) is 4.54. The number of carbonyl (C=O) groups is 3. The number of carbonyl (C=O) groups excluding carboxylic acids is 3. The minimum absolute atomic E-state index is 0.109. The molecule has 1 aliphatic heterocycles. The Morgan fingerprint density at radius 3 is 2.21 bits per heavy atom. The van der Waals surface area contributed by atoms with E-state index in [9.17, 15) is 14.4 Å². The molecule has 0 radical (unpaired) electrons. The van der Waals surface area contributed by atoms with Crippen LogP contribution < -0.4 is 20.1 Å². The third-order valence-electron chi connectivity index (χ3n) is 4.13. The molecule has 28 heavy (non-hydrogen) atoms. The highest BCUT2D eigenvalue weighted by Gasteiger charge is 2.32. The van der Waals surface area contributed by atoms with E-state index in [-0.39, 0.29) is 41.5 Å². The van der Waals surface area contributed by atoms with Gasteiger partial charge in [0, 0.05) is 0 Å². The number of esters is 2. The lowest BCUT2D eigenvalue weighted by atomic mass is 10.0. The summed E-state index contributed by atoms with van der Waals surface area (Å²) >= 11 is 0. The van der Waals surface area contributed by atoms with E-state index in [0.717, 1.165) is 0 Å². The predicted octanol–water partition coefficient (Wildman–Crippen LogP) is 1.77. The molecular formula is C19H24N2O7. The molecule has 1 heterocycles. The first-order valence-corrected chi connectivity index (χ1v) is 8.82. The second kappa shape index (κ2) is 9.63. The minimum atomic E-state index is -0.717. The van der Waals surface area contributed by atoms with Gasteiger partial charge in [0.15, 0.2) is 0 Å². The van der Waals surface area contributed by atoms with Gasteiger partial charge in [-0.25, -0.2) is 14.4 Å². The molecule has 9 nitrogen and oxygen atoms in total. The summed E-state index contributed by atoms with van der Waals surface area (Å²) in [4.78, 5) is 36.9. The molecule has 1 aromatic rings. The van der Waals surface area contributed by atoms with Crippen molar-refractivity contribution in [2.45, 2.75) is 26.3 Å². The first-order valence-electron chi connectivity index (χ1n) is 8.82. The van der Waals surface area contributed by atoms with Crippen molar-refractivity contribution in [1.29, 1.82) is 0 Å². The minimum Gasteiger partial charge on any atom is -0.496 e. The molecule has 0 fully saturated rings. The van der Waals surface area contributed by atoms with E-state index in [1.165, 1.54) is 14.2 Å². The van der Waals surface area contributed by atoms with E-state index in [4.69, 9.17) is 18.9 Å². The number of benzene rings is 1. The Morgan fingerprint density at radius 1 is 1.04 bits per heavy atom. The van der Waals surface area contributed by atoms with Crippen LogP contribution in [0.4, 0.5) is 4.79 Å². The second-order valence-electron chi connectivity index (χ2n) is 5.79. The van der Waals surface area contributed by atoms with Crippen molar-refractivity contribution in [3.63, 3.8) is 0 Å². The normalized spacial score (nSPS) is 16.0. The van der Waals surface area contributed by atoms with Gasteiger partial charge in [-0.05, 0) is 25.5 Å². The molecular weight excluding hydrogens is 368 g/mol. The van der Waals surface area contributed by atoms with E-state index >= 15 is 0 Å². The van der Waals surface area contributed by atoms with E-state index < -0.39 is 24.0 Å². The molecule has 1 atom stereocenters. The molecule has 0 unspecified atom stereocenters. The Kier molecular flexibility index (Phi) is 7.25. The summed E-state index contributed by atoms with van der Waals surface area (Å²) in [6.07, 6.45) is 0.472. The zero-order valence-electron chi connectivity index (χ0n) is 16.3. The van der Waals surface area contributed by atoms with Crippen LogP contribution in [0.3, 0.4) is 0 Å². The van der Waals surface area contributed by atoms with Crippen molar-refractivity contribution >= 4 is 18.0 Å². The number of amides is 2. The maximum Gasteiger partial charge on any atom is 0.346 e. The Bertz CT molecular complexity index is 766. The average Bonchev–Trinajstić information content (AvgIpc) is 2.70. The lowest BCUT2D eigenvalue weighted by Crippen LogP contribution is -2.51. The largest absolute Gasteiger partial charge is 0.496 e. The van der Waals surface area contributed by atoms with Crippen molar-refractivity contribution in [3.8, 4) is 11.5 Å². The fraction of sp³-hybridized carbons (Fsp3) is 0.421. The van der Waals surface area contributed by atoms with Gasteiger partial charge in [0.25, 0.3) is 0 Å². The van der Waals surface area contributed by atoms with Crippen molar-refractivity contribution in [1.82, 2.24) is 10.6 Å². The number of methoxy groups -OCH3 is 2. The lowest BCUT2D eigenvalue weighted by molar-refractivity contribution is -0.139. The van der Waals surface area contributed by atoms with Crippen LogP contribution in [0.1, 0.15) is 30.6 Å². The highest BCUT2D eigenvalue weighted by atomic mass is 16.5. The molecule has 1 aliphatic rings. The van der Waals surface area contributed by atoms with Crippen LogP contribution in [0.25, 0.3) is 0 Å². The summed E-state index contributed by atoms with van der Waals surface area (Å²) < 4.78 is 20.8. The van der Waals surface area contributed by atoms with Gasteiger partial charge in [0.1, 0.15) is 23.7 Å². The molecule has 0 saturated heterocycles. The van der Waals surface area contributed by atoms with Crippen molar-refractivity contribution in [3.05, 3.63) is 35.0 Å². The maximum atomic E-state index is 12.6.